The highest BCUT2D eigenvalue weighted by Gasteiger charge is 2.19. The van der Waals surface area contributed by atoms with Gasteiger partial charge in [-0.15, -0.1) is 0 Å². The summed E-state index contributed by atoms with van der Waals surface area (Å²) in [5, 5.41) is 0. The van der Waals surface area contributed by atoms with Crippen molar-refractivity contribution in [2.24, 2.45) is 0 Å². The quantitative estimate of drug-likeness (QED) is 0.0262. The van der Waals surface area contributed by atoms with Crippen molar-refractivity contribution in [3.63, 3.8) is 0 Å². The minimum Gasteiger partial charge on any atom is -0.462 e. The Morgan fingerprint density at radius 3 is 0.859 bits per heavy atom. The topological polar surface area (TPSA) is 78.9 Å². The molecule has 0 saturated carbocycles. The largest absolute Gasteiger partial charge is 0.462 e. The molecule has 0 aromatic rings. The second-order valence-electron chi connectivity index (χ2n) is 18.1. The van der Waals surface area contributed by atoms with Gasteiger partial charge in [0.05, 0.1) is 0 Å². The molecule has 1 unspecified atom stereocenters. The fourth-order valence-corrected chi connectivity index (χ4v) is 7.15. The molecule has 0 radical (unpaired) electrons. The van der Waals surface area contributed by atoms with Gasteiger partial charge in [-0.2, -0.15) is 0 Å². The second-order valence-corrected chi connectivity index (χ2v) is 18.1. The van der Waals surface area contributed by atoms with Crippen LogP contribution in [0.15, 0.2) is 146 Å². The van der Waals surface area contributed by atoms with Gasteiger partial charge in [0.2, 0.25) is 0 Å². The highest BCUT2D eigenvalue weighted by Crippen LogP contribution is 2.13. The minimum absolute atomic E-state index is 0.113. The summed E-state index contributed by atoms with van der Waals surface area (Å²) >= 11 is 0. The lowest BCUT2D eigenvalue weighted by Crippen LogP contribution is -2.30. The van der Waals surface area contributed by atoms with Crippen molar-refractivity contribution < 1.29 is 28.6 Å². The molecule has 0 spiro atoms. The number of allylic oxidation sites excluding steroid dienone is 24. The minimum atomic E-state index is -0.822. The average Bonchev–Trinajstić information content (AvgIpc) is 3.37. The molecule has 0 amide bonds. The third-order valence-corrected chi connectivity index (χ3v) is 11.3. The fourth-order valence-electron chi connectivity index (χ4n) is 7.15. The summed E-state index contributed by atoms with van der Waals surface area (Å²) in [5.41, 5.74) is 0. The van der Waals surface area contributed by atoms with E-state index in [0.717, 1.165) is 122 Å². The van der Waals surface area contributed by atoms with E-state index in [1.54, 1.807) is 0 Å². The van der Waals surface area contributed by atoms with Crippen LogP contribution in [0.2, 0.25) is 0 Å². The zero-order valence-electron chi connectivity index (χ0n) is 45.4. The number of esters is 3. The lowest BCUT2D eigenvalue weighted by atomic mass is 10.1. The van der Waals surface area contributed by atoms with Crippen molar-refractivity contribution in [1.29, 1.82) is 0 Å². The molecule has 71 heavy (non-hydrogen) atoms. The van der Waals surface area contributed by atoms with Gasteiger partial charge < -0.3 is 14.2 Å². The van der Waals surface area contributed by atoms with Gasteiger partial charge in [0.1, 0.15) is 13.2 Å². The molecule has 0 heterocycles. The van der Waals surface area contributed by atoms with Gasteiger partial charge in [-0.1, -0.05) is 231 Å². The molecule has 0 aliphatic heterocycles. The van der Waals surface area contributed by atoms with Crippen molar-refractivity contribution in [3.8, 4) is 0 Å². The van der Waals surface area contributed by atoms with E-state index in [-0.39, 0.29) is 44.0 Å². The van der Waals surface area contributed by atoms with Gasteiger partial charge in [-0.05, 0) is 122 Å². The first-order chi connectivity index (χ1) is 35.0. The molecule has 0 aromatic carbocycles. The second kappa shape index (κ2) is 57.9. The molecule has 6 heteroatoms. The Kier molecular flexibility index (Phi) is 54.0. The third kappa shape index (κ3) is 56.1. The summed E-state index contributed by atoms with van der Waals surface area (Å²) in [6.07, 6.45) is 82.7. The van der Waals surface area contributed by atoms with Gasteiger partial charge in [0.15, 0.2) is 6.10 Å². The van der Waals surface area contributed by atoms with Crippen LogP contribution in [0.4, 0.5) is 0 Å². The normalized spacial score (nSPS) is 13.2. The molecular formula is C65H102O6. The Bertz CT molecular complexity index is 1590. The molecule has 398 valence electrons. The highest BCUT2D eigenvalue weighted by atomic mass is 16.6. The number of hydrogen-bond acceptors (Lipinski definition) is 6. The molecule has 0 rings (SSSR count). The predicted molar refractivity (Wildman–Crippen MR) is 306 cm³/mol. The number of carbonyl (C=O) groups excluding carboxylic acids is 3. The molecule has 0 saturated heterocycles. The Morgan fingerprint density at radius 2 is 0.549 bits per heavy atom. The van der Waals surface area contributed by atoms with E-state index in [0.29, 0.717) is 19.3 Å². The Balaban J connectivity index is 4.46. The first-order valence-electron chi connectivity index (χ1n) is 28.3. The van der Waals surface area contributed by atoms with Crippen molar-refractivity contribution >= 4 is 17.9 Å². The summed E-state index contributed by atoms with van der Waals surface area (Å²) < 4.78 is 16.7. The van der Waals surface area contributed by atoms with Crippen molar-refractivity contribution in [3.05, 3.63) is 146 Å². The first kappa shape index (κ1) is 66.3. The van der Waals surface area contributed by atoms with Crippen molar-refractivity contribution in [2.45, 2.75) is 232 Å². The van der Waals surface area contributed by atoms with E-state index in [9.17, 15) is 14.4 Å². The highest BCUT2D eigenvalue weighted by molar-refractivity contribution is 5.71. The molecule has 0 aliphatic carbocycles. The number of ether oxygens (including phenoxy) is 3. The summed E-state index contributed by atoms with van der Waals surface area (Å²) in [4.78, 5) is 38.0. The van der Waals surface area contributed by atoms with Crippen LogP contribution in [0.25, 0.3) is 0 Å². The van der Waals surface area contributed by atoms with E-state index < -0.39 is 6.10 Å². The molecule has 0 fully saturated rings. The molecule has 0 aromatic heterocycles. The molecule has 0 aliphatic rings. The van der Waals surface area contributed by atoms with Gasteiger partial charge in [-0.3, -0.25) is 14.4 Å². The van der Waals surface area contributed by atoms with Crippen LogP contribution in [0.3, 0.4) is 0 Å². The Labute approximate surface area is 436 Å². The maximum absolute atomic E-state index is 12.8. The van der Waals surface area contributed by atoms with Crippen molar-refractivity contribution in [2.75, 3.05) is 13.2 Å². The Hall–Kier alpha value is -4.71. The summed E-state index contributed by atoms with van der Waals surface area (Å²) in [7, 11) is 0. The molecule has 6 nitrogen and oxygen atoms in total. The van der Waals surface area contributed by atoms with Gasteiger partial charge >= 0.3 is 17.9 Å². The predicted octanol–water partition coefficient (Wildman–Crippen LogP) is 19.2. The maximum atomic E-state index is 12.8. The number of rotatable bonds is 49. The van der Waals surface area contributed by atoms with Gasteiger partial charge in [0, 0.05) is 19.3 Å². The lowest BCUT2D eigenvalue weighted by Gasteiger charge is -2.18. The maximum Gasteiger partial charge on any atom is 0.306 e. The van der Waals surface area contributed by atoms with Crippen molar-refractivity contribution in [1.82, 2.24) is 0 Å². The SMILES string of the molecule is CC/C=C\C/C=C\C/C=C\C/C=C\C/C=C\C/C=C\C/C=C\C/C=C\CCCCC(=O)OCC(COC(=O)CCCCCCCCCCCCC)OC(=O)CCCC/C=C\C/C=C\C/C=C\C/C=C\CC. The molecule has 1 atom stereocenters. The third-order valence-electron chi connectivity index (χ3n) is 11.3. The van der Waals surface area contributed by atoms with Crippen LogP contribution in [0.5, 0.6) is 0 Å². The molecule has 0 bridgehead atoms. The number of unbranched alkanes of at least 4 members (excludes halogenated alkanes) is 14. The monoisotopic (exact) mass is 979 g/mol. The van der Waals surface area contributed by atoms with E-state index in [1.165, 1.54) is 51.4 Å². The standard InChI is InChI=1S/C65H102O6/c1-4-7-10-13-16-19-22-24-26-27-28-29-30-31-32-33-34-35-36-37-39-40-43-46-49-52-55-58-64(67)70-61-62(60-69-63(66)57-54-51-48-45-42-21-18-15-12-9-6-3)71-65(68)59-56-53-50-47-44-41-38-25-23-20-17-14-11-8-5-2/h7-8,10-11,16-17,19-20,24-26,28-29,31-32,34-35,37-39,43-44,46-47,62H,4-6,9,12-15,18,21-23,27,30,33,36,40-42,45,48-61H2,1-3H3/b10-7-,11-8-,19-16-,20-17-,26-24-,29-28-,32-31-,35-34-,38-25-,39-37-,46-43-,47-44-. The molecular weight excluding hydrogens is 877 g/mol. The van der Waals surface area contributed by atoms with Crippen LogP contribution in [-0.4, -0.2) is 37.2 Å². The lowest BCUT2D eigenvalue weighted by molar-refractivity contribution is -0.167. The van der Waals surface area contributed by atoms with E-state index in [4.69, 9.17) is 14.2 Å². The summed E-state index contributed by atoms with van der Waals surface area (Å²) in [6, 6.07) is 0. The summed E-state index contributed by atoms with van der Waals surface area (Å²) in [5.74, 6) is -1.01. The van der Waals surface area contributed by atoms with Crippen LogP contribution in [0.1, 0.15) is 226 Å². The van der Waals surface area contributed by atoms with E-state index in [1.807, 2.05) is 0 Å². The van der Waals surface area contributed by atoms with E-state index >= 15 is 0 Å². The zero-order valence-corrected chi connectivity index (χ0v) is 45.4. The smallest absolute Gasteiger partial charge is 0.306 e. The number of carbonyl (C=O) groups is 3. The molecule has 0 N–H and O–H groups in total. The first-order valence-corrected chi connectivity index (χ1v) is 28.3. The van der Waals surface area contributed by atoms with Crippen LogP contribution < -0.4 is 0 Å². The van der Waals surface area contributed by atoms with Gasteiger partial charge in [-0.25, -0.2) is 0 Å². The van der Waals surface area contributed by atoms with Crippen LogP contribution in [0, 0.1) is 0 Å². The average molecular weight is 980 g/mol. The number of hydrogen-bond donors (Lipinski definition) is 0. The fraction of sp³-hybridized carbons (Fsp3) is 0.585. The zero-order chi connectivity index (χ0) is 51.4. The van der Waals surface area contributed by atoms with Crippen LogP contribution >= 0.6 is 0 Å². The van der Waals surface area contributed by atoms with Crippen LogP contribution in [-0.2, 0) is 28.6 Å². The summed E-state index contributed by atoms with van der Waals surface area (Å²) in [6.45, 7) is 6.31. The van der Waals surface area contributed by atoms with E-state index in [2.05, 4.69) is 167 Å². The Morgan fingerprint density at radius 1 is 0.296 bits per heavy atom. The van der Waals surface area contributed by atoms with Gasteiger partial charge in [0.25, 0.3) is 0 Å².